The standard InChI is InChI=1S/C11H15BrN2OS/c1-8(14-16(15)11(2,3)4)9-6-5-7-10(12)13-9/h5-7H,1-4H3. The molecule has 5 heteroatoms. The highest BCUT2D eigenvalue weighted by Crippen LogP contribution is 2.14. The van der Waals surface area contributed by atoms with E-state index in [1.165, 1.54) is 0 Å². The number of pyridine rings is 1. The Bertz CT molecular complexity index is 438. The van der Waals surface area contributed by atoms with Gasteiger partial charge in [0.2, 0.25) is 0 Å². The zero-order valence-electron chi connectivity index (χ0n) is 9.82. The summed E-state index contributed by atoms with van der Waals surface area (Å²) < 4.78 is 16.4. The summed E-state index contributed by atoms with van der Waals surface area (Å²) in [6.45, 7) is 7.51. The van der Waals surface area contributed by atoms with Gasteiger partial charge in [0.1, 0.15) is 15.6 Å². The highest BCUT2D eigenvalue weighted by Gasteiger charge is 2.19. The molecule has 0 spiro atoms. The van der Waals surface area contributed by atoms with Crippen molar-refractivity contribution in [3.8, 4) is 0 Å². The Balaban J connectivity index is 2.99. The minimum atomic E-state index is -1.24. The summed E-state index contributed by atoms with van der Waals surface area (Å²) in [7, 11) is -1.24. The summed E-state index contributed by atoms with van der Waals surface area (Å²) >= 11 is 3.29. The van der Waals surface area contributed by atoms with Gasteiger partial charge in [0, 0.05) is 0 Å². The molecule has 3 nitrogen and oxygen atoms in total. The van der Waals surface area contributed by atoms with E-state index in [-0.39, 0.29) is 4.75 Å². The zero-order valence-corrected chi connectivity index (χ0v) is 12.2. The smallest absolute Gasteiger partial charge is 0.145 e. The molecule has 1 unspecified atom stereocenters. The third-order valence-corrected chi connectivity index (χ3v) is 3.76. The summed E-state index contributed by atoms with van der Waals surface area (Å²) in [5, 5.41) is 0. The van der Waals surface area contributed by atoms with Crippen LogP contribution in [0.4, 0.5) is 0 Å². The second-order valence-electron chi connectivity index (χ2n) is 4.38. The monoisotopic (exact) mass is 302 g/mol. The third-order valence-electron chi connectivity index (χ3n) is 1.83. The lowest BCUT2D eigenvalue weighted by Gasteiger charge is -2.13. The first-order chi connectivity index (χ1) is 7.30. The lowest BCUT2D eigenvalue weighted by molar-refractivity contribution is 0.650. The second kappa shape index (κ2) is 5.19. The fraction of sp³-hybridized carbons (Fsp3) is 0.455. The molecule has 1 aromatic heterocycles. The van der Waals surface area contributed by atoms with Crippen LogP contribution in [0, 0.1) is 0 Å². The van der Waals surface area contributed by atoms with Crippen LogP contribution >= 0.6 is 15.9 Å². The molecule has 0 fully saturated rings. The lowest BCUT2D eigenvalue weighted by atomic mass is 10.3. The van der Waals surface area contributed by atoms with E-state index < -0.39 is 11.0 Å². The van der Waals surface area contributed by atoms with Crippen LogP contribution in [-0.4, -0.2) is 19.7 Å². The first kappa shape index (κ1) is 13.5. The maximum Gasteiger partial charge on any atom is 0.145 e. The molecule has 1 atom stereocenters. The molecule has 0 aliphatic heterocycles. The van der Waals surface area contributed by atoms with E-state index in [0.29, 0.717) is 5.71 Å². The van der Waals surface area contributed by atoms with E-state index in [0.717, 1.165) is 10.3 Å². The van der Waals surface area contributed by atoms with Crippen molar-refractivity contribution in [3.63, 3.8) is 0 Å². The van der Waals surface area contributed by atoms with Gasteiger partial charge in [0.05, 0.1) is 16.2 Å². The highest BCUT2D eigenvalue weighted by atomic mass is 79.9. The Morgan fingerprint density at radius 3 is 2.56 bits per heavy atom. The second-order valence-corrected chi connectivity index (χ2v) is 7.10. The Morgan fingerprint density at radius 1 is 1.44 bits per heavy atom. The van der Waals surface area contributed by atoms with E-state index >= 15 is 0 Å². The van der Waals surface area contributed by atoms with Crippen molar-refractivity contribution < 1.29 is 4.21 Å². The third kappa shape index (κ3) is 3.79. The molecular weight excluding hydrogens is 288 g/mol. The highest BCUT2D eigenvalue weighted by molar-refractivity contribution is 9.10. The zero-order chi connectivity index (χ0) is 12.3. The van der Waals surface area contributed by atoms with Gasteiger partial charge in [-0.25, -0.2) is 9.19 Å². The van der Waals surface area contributed by atoms with Crippen molar-refractivity contribution in [1.29, 1.82) is 0 Å². The van der Waals surface area contributed by atoms with Crippen LogP contribution in [-0.2, 0) is 11.0 Å². The van der Waals surface area contributed by atoms with Crippen LogP contribution in [0.1, 0.15) is 33.4 Å². The summed E-state index contributed by atoms with van der Waals surface area (Å²) in [5.74, 6) is 0. The minimum absolute atomic E-state index is 0.340. The quantitative estimate of drug-likeness (QED) is 0.622. The van der Waals surface area contributed by atoms with Crippen LogP contribution in [0.3, 0.4) is 0 Å². The van der Waals surface area contributed by atoms with Gasteiger partial charge in [-0.2, -0.15) is 4.40 Å². The van der Waals surface area contributed by atoms with Crippen LogP contribution in [0.5, 0.6) is 0 Å². The molecule has 0 amide bonds. The summed E-state index contributed by atoms with van der Waals surface area (Å²) in [6.07, 6.45) is 0. The Morgan fingerprint density at radius 2 is 2.06 bits per heavy atom. The van der Waals surface area contributed by atoms with Crippen molar-refractivity contribution in [1.82, 2.24) is 4.98 Å². The largest absolute Gasteiger partial charge is 0.240 e. The molecule has 0 aliphatic carbocycles. The Hall–Kier alpha value is -0.550. The fourth-order valence-electron chi connectivity index (χ4n) is 0.918. The first-order valence-corrected chi connectivity index (χ1v) is 6.81. The van der Waals surface area contributed by atoms with E-state index in [9.17, 15) is 4.21 Å². The topological polar surface area (TPSA) is 42.3 Å². The summed E-state index contributed by atoms with van der Waals surface area (Å²) in [5.41, 5.74) is 1.43. The normalized spacial score (nSPS) is 14.9. The van der Waals surface area contributed by atoms with Crippen LogP contribution in [0.15, 0.2) is 27.2 Å². The van der Waals surface area contributed by atoms with E-state index in [2.05, 4.69) is 25.3 Å². The SMILES string of the molecule is CC(=NS(=O)C(C)(C)C)c1cccc(Br)n1. The molecule has 16 heavy (non-hydrogen) atoms. The van der Waals surface area contributed by atoms with Crippen molar-refractivity contribution >= 4 is 32.6 Å². The van der Waals surface area contributed by atoms with Gasteiger partial charge >= 0.3 is 0 Å². The number of rotatable bonds is 2. The molecule has 1 heterocycles. The number of nitrogens with zero attached hydrogens (tertiary/aromatic N) is 2. The van der Waals surface area contributed by atoms with Crippen molar-refractivity contribution in [2.75, 3.05) is 0 Å². The van der Waals surface area contributed by atoms with Crippen molar-refractivity contribution in [2.45, 2.75) is 32.4 Å². The Labute approximate surface area is 107 Å². The molecule has 0 N–H and O–H groups in total. The van der Waals surface area contributed by atoms with E-state index in [1.807, 2.05) is 45.9 Å². The van der Waals surface area contributed by atoms with E-state index in [4.69, 9.17) is 0 Å². The van der Waals surface area contributed by atoms with Gasteiger partial charge in [-0.3, -0.25) is 0 Å². The van der Waals surface area contributed by atoms with Gasteiger partial charge in [-0.05, 0) is 55.8 Å². The number of hydrogen-bond donors (Lipinski definition) is 0. The maximum absolute atomic E-state index is 11.8. The van der Waals surface area contributed by atoms with Gasteiger partial charge in [0.15, 0.2) is 0 Å². The molecule has 0 saturated heterocycles. The average Bonchev–Trinajstić information content (AvgIpc) is 2.16. The van der Waals surface area contributed by atoms with E-state index in [1.54, 1.807) is 0 Å². The predicted octanol–water partition coefficient (Wildman–Crippen LogP) is 3.12. The molecule has 0 aliphatic rings. The van der Waals surface area contributed by atoms with Gasteiger partial charge < -0.3 is 0 Å². The van der Waals surface area contributed by atoms with Gasteiger partial charge in [0.25, 0.3) is 0 Å². The first-order valence-electron chi connectivity index (χ1n) is 4.91. The summed E-state index contributed by atoms with van der Waals surface area (Å²) in [6, 6.07) is 5.58. The van der Waals surface area contributed by atoms with Crippen LogP contribution in [0.2, 0.25) is 0 Å². The Kier molecular flexibility index (Phi) is 4.38. The number of aromatic nitrogens is 1. The minimum Gasteiger partial charge on any atom is -0.240 e. The average molecular weight is 303 g/mol. The van der Waals surface area contributed by atoms with Crippen LogP contribution < -0.4 is 0 Å². The summed E-state index contributed by atoms with van der Waals surface area (Å²) in [4.78, 5) is 4.26. The molecule has 88 valence electrons. The molecule has 1 rings (SSSR count). The van der Waals surface area contributed by atoms with Crippen molar-refractivity contribution in [2.24, 2.45) is 4.40 Å². The molecule has 0 bridgehead atoms. The maximum atomic E-state index is 11.8. The van der Waals surface area contributed by atoms with Gasteiger partial charge in [-0.15, -0.1) is 0 Å². The molecule has 0 saturated carbocycles. The predicted molar refractivity (Wildman–Crippen MR) is 72.0 cm³/mol. The van der Waals surface area contributed by atoms with Crippen molar-refractivity contribution in [3.05, 3.63) is 28.5 Å². The molecule has 0 aromatic carbocycles. The number of hydrogen-bond acceptors (Lipinski definition) is 2. The lowest BCUT2D eigenvalue weighted by Crippen LogP contribution is -2.20. The molecule has 1 aromatic rings. The fourth-order valence-corrected chi connectivity index (χ4v) is 1.88. The van der Waals surface area contributed by atoms with Gasteiger partial charge in [-0.1, -0.05) is 6.07 Å². The number of halogens is 1. The molecule has 0 radical (unpaired) electrons. The molecular formula is C11H15BrN2OS. The van der Waals surface area contributed by atoms with Crippen LogP contribution in [0.25, 0.3) is 0 Å².